The molecule has 0 atom stereocenters. The standard InChI is InChI=1S/C29H26N4O3/c1-33(29(36)27-13-6-5-10-23(27)20-34)19-28(35)32-25-12-7-11-22(14-25)24-15-26(18-30-17-24)31-16-21-8-3-2-4-9-21/h2-15,17-18,20,31H,16,19H2,1H3,(H,32,35). The molecule has 0 saturated carbocycles. The van der Waals surface area contributed by atoms with E-state index < -0.39 is 5.91 Å². The van der Waals surface area contributed by atoms with Gasteiger partial charge in [0.25, 0.3) is 5.91 Å². The summed E-state index contributed by atoms with van der Waals surface area (Å²) in [4.78, 5) is 42.2. The summed E-state index contributed by atoms with van der Waals surface area (Å²) in [5.74, 6) is -0.740. The molecule has 0 aliphatic carbocycles. The summed E-state index contributed by atoms with van der Waals surface area (Å²) in [6, 6.07) is 26.1. The molecular formula is C29H26N4O3. The highest BCUT2D eigenvalue weighted by Crippen LogP contribution is 2.24. The molecule has 0 spiro atoms. The first-order chi connectivity index (χ1) is 17.5. The molecule has 0 fully saturated rings. The molecule has 0 radical (unpaired) electrons. The average molecular weight is 479 g/mol. The highest BCUT2D eigenvalue weighted by atomic mass is 16.2. The van der Waals surface area contributed by atoms with Gasteiger partial charge < -0.3 is 15.5 Å². The van der Waals surface area contributed by atoms with Crippen LogP contribution in [0.4, 0.5) is 11.4 Å². The number of nitrogens with zero attached hydrogens (tertiary/aromatic N) is 2. The lowest BCUT2D eigenvalue weighted by Crippen LogP contribution is -2.35. The van der Waals surface area contributed by atoms with Crippen molar-refractivity contribution in [3.8, 4) is 11.1 Å². The molecule has 0 saturated heterocycles. The van der Waals surface area contributed by atoms with Crippen molar-refractivity contribution < 1.29 is 14.4 Å². The summed E-state index contributed by atoms with van der Waals surface area (Å²) in [6.45, 7) is 0.530. The number of aldehydes is 1. The molecule has 7 nitrogen and oxygen atoms in total. The lowest BCUT2D eigenvalue weighted by atomic mass is 10.1. The normalized spacial score (nSPS) is 10.4. The van der Waals surface area contributed by atoms with Crippen molar-refractivity contribution in [3.05, 3.63) is 114 Å². The fourth-order valence-electron chi connectivity index (χ4n) is 3.76. The minimum atomic E-state index is -0.396. The summed E-state index contributed by atoms with van der Waals surface area (Å²) < 4.78 is 0. The first kappa shape index (κ1) is 24.3. The summed E-state index contributed by atoms with van der Waals surface area (Å²) in [7, 11) is 1.53. The lowest BCUT2D eigenvalue weighted by molar-refractivity contribution is -0.116. The molecule has 4 aromatic rings. The van der Waals surface area contributed by atoms with Crippen LogP contribution in [0.1, 0.15) is 26.3 Å². The zero-order valence-corrected chi connectivity index (χ0v) is 19.8. The zero-order chi connectivity index (χ0) is 25.3. The Hall–Kier alpha value is -4.78. The predicted molar refractivity (Wildman–Crippen MR) is 141 cm³/mol. The van der Waals surface area contributed by atoms with Crippen molar-refractivity contribution in [1.82, 2.24) is 9.88 Å². The van der Waals surface area contributed by atoms with Crippen molar-refractivity contribution in [1.29, 1.82) is 0 Å². The van der Waals surface area contributed by atoms with Crippen LogP contribution in [-0.4, -0.2) is 41.6 Å². The number of nitrogens with one attached hydrogen (secondary N) is 2. The van der Waals surface area contributed by atoms with Crippen molar-refractivity contribution >= 4 is 29.5 Å². The van der Waals surface area contributed by atoms with Gasteiger partial charge >= 0.3 is 0 Å². The van der Waals surface area contributed by atoms with Crippen molar-refractivity contribution in [2.45, 2.75) is 6.54 Å². The van der Waals surface area contributed by atoms with Gasteiger partial charge in [-0.3, -0.25) is 19.4 Å². The van der Waals surface area contributed by atoms with Gasteiger partial charge in [0.05, 0.1) is 17.8 Å². The minimum Gasteiger partial charge on any atom is -0.380 e. The Morgan fingerprint density at radius 2 is 1.61 bits per heavy atom. The lowest BCUT2D eigenvalue weighted by Gasteiger charge is -2.18. The SMILES string of the molecule is CN(CC(=O)Nc1cccc(-c2cncc(NCc3ccccc3)c2)c1)C(=O)c1ccccc1C=O. The first-order valence-electron chi connectivity index (χ1n) is 11.5. The number of hydrogen-bond acceptors (Lipinski definition) is 5. The van der Waals surface area contributed by atoms with Crippen molar-refractivity contribution in [3.63, 3.8) is 0 Å². The molecule has 4 rings (SSSR count). The van der Waals surface area contributed by atoms with Crippen LogP contribution < -0.4 is 10.6 Å². The van der Waals surface area contributed by atoms with E-state index in [1.807, 2.05) is 42.5 Å². The van der Waals surface area contributed by atoms with Gasteiger partial charge in [-0.1, -0.05) is 60.7 Å². The van der Waals surface area contributed by atoms with Gasteiger partial charge in [-0.2, -0.15) is 0 Å². The third-order valence-corrected chi connectivity index (χ3v) is 5.60. The second-order valence-electron chi connectivity index (χ2n) is 8.30. The third kappa shape index (κ3) is 6.21. The molecule has 3 aromatic carbocycles. The molecule has 1 heterocycles. The zero-order valence-electron chi connectivity index (χ0n) is 19.8. The monoisotopic (exact) mass is 478 g/mol. The van der Waals surface area contributed by atoms with E-state index >= 15 is 0 Å². The minimum absolute atomic E-state index is 0.156. The molecule has 0 aliphatic heterocycles. The molecular weight excluding hydrogens is 452 g/mol. The van der Waals surface area contributed by atoms with Crippen LogP contribution in [0.15, 0.2) is 97.3 Å². The largest absolute Gasteiger partial charge is 0.380 e. The Labute approximate surface area is 209 Å². The highest BCUT2D eigenvalue weighted by molar-refractivity contribution is 6.03. The molecule has 0 unspecified atom stereocenters. The molecule has 180 valence electrons. The Morgan fingerprint density at radius 3 is 2.42 bits per heavy atom. The van der Waals surface area contributed by atoms with E-state index in [1.165, 1.54) is 17.5 Å². The number of likely N-dealkylation sites (N-methyl/N-ethyl adjacent to an activating group) is 1. The summed E-state index contributed by atoms with van der Waals surface area (Å²) in [5.41, 5.74) is 5.02. The van der Waals surface area contributed by atoms with Gasteiger partial charge in [0.15, 0.2) is 6.29 Å². The molecule has 0 bridgehead atoms. The van der Waals surface area contributed by atoms with E-state index in [0.717, 1.165) is 16.8 Å². The van der Waals surface area contributed by atoms with Crippen molar-refractivity contribution in [2.24, 2.45) is 0 Å². The number of benzene rings is 3. The maximum Gasteiger partial charge on any atom is 0.254 e. The van der Waals surface area contributed by atoms with Gasteiger partial charge in [0, 0.05) is 42.8 Å². The Balaban J connectivity index is 1.40. The second-order valence-corrected chi connectivity index (χ2v) is 8.30. The van der Waals surface area contributed by atoms with E-state index in [-0.39, 0.29) is 23.6 Å². The molecule has 2 amide bonds. The van der Waals surface area contributed by atoms with Gasteiger partial charge in [-0.25, -0.2) is 0 Å². The Kier molecular flexibility index (Phi) is 7.83. The van der Waals surface area contributed by atoms with Gasteiger partial charge in [0.1, 0.15) is 0 Å². The van der Waals surface area contributed by atoms with E-state index in [0.29, 0.717) is 18.5 Å². The Bertz CT molecular complexity index is 1370. The number of pyridine rings is 1. The van der Waals surface area contributed by atoms with Gasteiger partial charge in [-0.15, -0.1) is 0 Å². The van der Waals surface area contributed by atoms with Crippen LogP contribution in [0.2, 0.25) is 0 Å². The quantitative estimate of drug-likeness (QED) is 0.335. The highest BCUT2D eigenvalue weighted by Gasteiger charge is 2.18. The van der Waals surface area contributed by atoms with Crippen LogP contribution in [0.25, 0.3) is 11.1 Å². The third-order valence-electron chi connectivity index (χ3n) is 5.60. The van der Waals surface area contributed by atoms with Crippen LogP contribution >= 0.6 is 0 Å². The summed E-state index contributed by atoms with van der Waals surface area (Å²) in [5, 5.41) is 6.22. The number of carbonyl (C=O) groups excluding carboxylic acids is 3. The number of hydrogen-bond donors (Lipinski definition) is 2. The summed E-state index contributed by atoms with van der Waals surface area (Å²) in [6.07, 6.45) is 4.17. The topological polar surface area (TPSA) is 91.4 Å². The van der Waals surface area contributed by atoms with Crippen LogP contribution in [0, 0.1) is 0 Å². The van der Waals surface area contributed by atoms with E-state index in [2.05, 4.69) is 27.8 Å². The average Bonchev–Trinajstić information content (AvgIpc) is 2.92. The number of aromatic nitrogens is 1. The smallest absolute Gasteiger partial charge is 0.254 e. The molecule has 36 heavy (non-hydrogen) atoms. The maximum atomic E-state index is 12.7. The Morgan fingerprint density at radius 1 is 0.861 bits per heavy atom. The number of rotatable bonds is 9. The van der Waals surface area contributed by atoms with E-state index in [9.17, 15) is 14.4 Å². The molecule has 2 N–H and O–H groups in total. The number of amides is 2. The van der Waals surface area contributed by atoms with Gasteiger partial charge in [0.2, 0.25) is 5.91 Å². The summed E-state index contributed by atoms with van der Waals surface area (Å²) >= 11 is 0. The van der Waals surface area contributed by atoms with Crippen LogP contribution in [0.5, 0.6) is 0 Å². The van der Waals surface area contributed by atoms with E-state index in [1.54, 1.807) is 42.7 Å². The van der Waals surface area contributed by atoms with Crippen LogP contribution in [-0.2, 0) is 11.3 Å². The number of carbonyl (C=O) groups is 3. The molecule has 1 aromatic heterocycles. The fourth-order valence-corrected chi connectivity index (χ4v) is 3.76. The van der Waals surface area contributed by atoms with Gasteiger partial charge in [-0.05, 0) is 35.4 Å². The van der Waals surface area contributed by atoms with E-state index in [4.69, 9.17) is 0 Å². The maximum absolute atomic E-state index is 12.7. The molecule has 7 heteroatoms. The van der Waals surface area contributed by atoms with Crippen LogP contribution in [0.3, 0.4) is 0 Å². The predicted octanol–water partition coefficient (Wildman–Crippen LogP) is 4.88. The fraction of sp³-hybridized carbons (Fsp3) is 0.103. The number of anilines is 2. The first-order valence-corrected chi connectivity index (χ1v) is 11.5. The second kappa shape index (κ2) is 11.6. The molecule has 0 aliphatic rings. The van der Waals surface area contributed by atoms with Crippen molar-refractivity contribution in [2.75, 3.05) is 24.2 Å².